The summed E-state index contributed by atoms with van der Waals surface area (Å²) in [5, 5.41) is 6.38. The average molecular weight is 282 g/mol. The quantitative estimate of drug-likeness (QED) is 0.875. The van der Waals surface area contributed by atoms with E-state index in [1.165, 1.54) is 12.8 Å². The first-order valence-corrected chi connectivity index (χ1v) is 7.27. The van der Waals surface area contributed by atoms with Gasteiger partial charge in [-0.1, -0.05) is 30.3 Å². The molecule has 0 unspecified atom stereocenters. The van der Waals surface area contributed by atoms with E-state index >= 15 is 0 Å². The van der Waals surface area contributed by atoms with Gasteiger partial charge in [0.25, 0.3) is 5.91 Å². The minimum Gasteiger partial charge on any atom is -0.484 e. The SMILES string of the molecule is O=C(COc1ccc2ccccc2c1)NN=C1CCCC1. The molecule has 0 aliphatic heterocycles. The van der Waals surface area contributed by atoms with Gasteiger partial charge in [-0.15, -0.1) is 0 Å². The lowest BCUT2D eigenvalue weighted by atomic mass is 10.1. The highest BCUT2D eigenvalue weighted by Crippen LogP contribution is 2.20. The van der Waals surface area contributed by atoms with Crippen molar-refractivity contribution in [2.45, 2.75) is 25.7 Å². The zero-order valence-electron chi connectivity index (χ0n) is 11.8. The number of benzene rings is 2. The highest BCUT2D eigenvalue weighted by Gasteiger charge is 2.09. The standard InChI is InChI=1S/C17H18N2O2/c20-17(19-18-15-7-3-4-8-15)12-21-16-10-9-13-5-1-2-6-14(13)11-16/h1-2,5-6,9-11H,3-4,7-8,12H2,(H,19,20). The molecule has 1 saturated carbocycles. The molecule has 2 aromatic rings. The van der Waals surface area contributed by atoms with Crippen molar-refractivity contribution in [1.29, 1.82) is 0 Å². The van der Waals surface area contributed by atoms with Gasteiger partial charge in [0.05, 0.1) is 0 Å². The molecule has 0 radical (unpaired) electrons. The topological polar surface area (TPSA) is 50.7 Å². The van der Waals surface area contributed by atoms with E-state index in [2.05, 4.69) is 10.5 Å². The molecule has 21 heavy (non-hydrogen) atoms. The third kappa shape index (κ3) is 3.60. The normalized spacial score (nSPS) is 14.2. The van der Waals surface area contributed by atoms with Crippen molar-refractivity contribution in [2.24, 2.45) is 5.10 Å². The van der Waals surface area contributed by atoms with Crippen LogP contribution in [0, 0.1) is 0 Å². The maximum atomic E-state index is 11.7. The van der Waals surface area contributed by atoms with Crippen LogP contribution in [0.5, 0.6) is 5.75 Å². The van der Waals surface area contributed by atoms with Crippen molar-refractivity contribution >= 4 is 22.4 Å². The van der Waals surface area contributed by atoms with E-state index < -0.39 is 0 Å². The van der Waals surface area contributed by atoms with E-state index in [0.29, 0.717) is 5.75 Å². The minimum atomic E-state index is -0.220. The second-order valence-electron chi connectivity index (χ2n) is 5.22. The van der Waals surface area contributed by atoms with Gasteiger partial charge in [-0.2, -0.15) is 5.10 Å². The van der Waals surface area contributed by atoms with Crippen LogP contribution >= 0.6 is 0 Å². The van der Waals surface area contributed by atoms with E-state index in [-0.39, 0.29) is 12.5 Å². The van der Waals surface area contributed by atoms with E-state index in [4.69, 9.17) is 4.74 Å². The maximum Gasteiger partial charge on any atom is 0.277 e. The van der Waals surface area contributed by atoms with Gasteiger partial charge in [-0.25, -0.2) is 5.43 Å². The Morgan fingerprint density at radius 3 is 2.67 bits per heavy atom. The molecule has 4 heteroatoms. The number of carbonyl (C=O) groups excluding carboxylic acids is 1. The third-order valence-corrected chi connectivity index (χ3v) is 3.61. The maximum absolute atomic E-state index is 11.7. The number of hydrogen-bond acceptors (Lipinski definition) is 3. The van der Waals surface area contributed by atoms with Crippen molar-refractivity contribution in [1.82, 2.24) is 5.43 Å². The van der Waals surface area contributed by atoms with Gasteiger partial charge in [-0.05, 0) is 48.6 Å². The summed E-state index contributed by atoms with van der Waals surface area (Å²) < 4.78 is 5.51. The first kappa shape index (κ1) is 13.6. The molecule has 0 aromatic heterocycles. The highest BCUT2D eigenvalue weighted by atomic mass is 16.5. The Morgan fingerprint density at radius 1 is 1.10 bits per heavy atom. The summed E-state index contributed by atoms with van der Waals surface area (Å²) in [5.41, 5.74) is 3.63. The lowest BCUT2D eigenvalue weighted by molar-refractivity contribution is -0.123. The number of fused-ring (bicyclic) bond motifs is 1. The Bertz CT molecular complexity index is 671. The number of rotatable bonds is 4. The molecule has 0 atom stereocenters. The fraction of sp³-hybridized carbons (Fsp3) is 0.294. The Kier molecular flexibility index (Phi) is 4.15. The molecule has 0 bridgehead atoms. The largest absolute Gasteiger partial charge is 0.484 e. The first-order valence-electron chi connectivity index (χ1n) is 7.27. The lowest BCUT2D eigenvalue weighted by Crippen LogP contribution is -2.25. The summed E-state index contributed by atoms with van der Waals surface area (Å²) >= 11 is 0. The van der Waals surface area contributed by atoms with Gasteiger partial charge < -0.3 is 4.74 Å². The lowest BCUT2D eigenvalue weighted by Gasteiger charge is -2.06. The number of nitrogens with one attached hydrogen (secondary N) is 1. The van der Waals surface area contributed by atoms with Crippen LogP contribution in [0.4, 0.5) is 0 Å². The summed E-state index contributed by atoms with van der Waals surface area (Å²) in [4.78, 5) is 11.7. The molecule has 1 N–H and O–H groups in total. The summed E-state index contributed by atoms with van der Waals surface area (Å²) in [5.74, 6) is 0.472. The highest BCUT2D eigenvalue weighted by molar-refractivity contribution is 5.88. The molecule has 0 spiro atoms. The van der Waals surface area contributed by atoms with E-state index in [9.17, 15) is 4.79 Å². The summed E-state index contributed by atoms with van der Waals surface area (Å²) in [7, 11) is 0. The van der Waals surface area contributed by atoms with Crippen LogP contribution in [0.3, 0.4) is 0 Å². The van der Waals surface area contributed by atoms with Crippen LogP contribution in [0.2, 0.25) is 0 Å². The van der Waals surface area contributed by atoms with Gasteiger partial charge in [0.2, 0.25) is 0 Å². The van der Waals surface area contributed by atoms with E-state index in [0.717, 1.165) is 29.3 Å². The van der Waals surface area contributed by atoms with Crippen LogP contribution < -0.4 is 10.2 Å². The Hall–Kier alpha value is -2.36. The van der Waals surface area contributed by atoms with Gasteiger partial charge in [0.1, 0.15) is 5.75 Å². The zero-order valence-corrected chi connectivity index (χ0v) is 11.8. The van der Waals surface area contributed by atoms with Crippen LogP contribution in [0.15, 0.2) is 47.6 Å². The number of ether oxygens (including phenoxy) is 1. The number of hydrazone groups is 1. The number of carbonyl (C=O) groups is 1. The van der Waals surface area contributed by atoms with Crippen molar-refractivity contribution in [3.8, 4) is 5.75 Å². The molecule has 0 saturated heterocycles. The summed E-state index contributed by atoms with van der Waals surface area (Å²) in [6, 6.07) is 13.8. The van der Waals surface area contributed by atoms with Crippen molar-refractivity contribution in [3.63, 3.8) is 0 Å². The molecule has 3 rings (SSSR count). The molecule has 1 aliphatic carbocycles. The smallest absolute Gasteiger partial charge is 0.277 e. The third-order valence-electron chi connectivity index (χ3n) is 3.61. The minimum absolute atomic E-state index is 0.0187. The van der Waals surface area contributed by atoms with E-state index in [1.54, 1.807) is 0 Å². The fourth-order valence-electron chi connectivity index (χ4n) is 2.47. The predicted octanol–water partition coefficient (Wildman–Crippen LogP) is 3.26. The molecule has 108 valence electrons. The molecular formula is C17H18N2O2. The summed E-state index contributed by atoms with van der Waals surface area (Å²) in [6.07, 6.45) is 4.32. The first-order chi connectivity index (χ1) is 10.3. The van der Waals surface area contributed by atoms with Crippen molar-refractivity contribution < 1.29 is 9.53 Å². The van der Waals surface area contributed by atoms with Gasteiger partial charge in [-0.3, -0.25) is 4.79 Å². The Morgan fingerprint density at radius 2 is 1.86 bits per heavy atom. The van der Waals surface area contributed by atoms with Crippen molar-refractivity contribution in [3.05, 3.63) is 42.5 Å². The predicted molar refractivity (Wildman–Crippen MR) is 83.5 cm³/mol. The molecular weight excluding hydrogens is 264 g/mol. The van der Waals surface area contributed by atoms with E-state index in [1.807, 2.05) is 42.5 Å². The van der Waals surface area contributed by atoms with Crippen LogP contribution in [-0.4, -0.2) is 18.2 Å². The summed E-state index contributed by atoms with van der Waals surface area (Å²) in [6.45, 7) is -0.0187. The molecule has 4 nitrogen and oxygen atoms in total. The average Bonchev–Trinajstić information content (AvgIpc) is 3.04. The molecule has 2 aromatic carbocycles. The monoisotopic (exact) mass is 282 g/mol. The van der Waals surface area contributed by atoms with Crippen LogP contribution in [-0.2, 0) is 4.79 Å². The second-order valence-corrected chi connectivity index (χ2v) is 5.22. The number of amides is 1. The number of nitrogens with zero attached hydrogens (tertiary/aromatic N) is 1. The Labute approximate surface area is 123 Å². The molecule has 0 heterocycles. The van der Waals surface area contributed by atoms with Gasteiger partial charge >= 0.3 is 0 Å². The van der Waals surface area contributed by atoms with Crippen LogP contribution in [0.25, 0.3) is 10.8 Å². The van der Waals surface area contributed by atoms with Gasteiger partial charge in [0, 0.05) is 5.71 Å². The van der Waals surface area contributed by atoms with Gasteiger partial charge in [0.15, 0.2) is 6.61 Å². The molecule has 1 aliphatic rings. The zero-order chi connectivity index (χ0) is 14.5. The van der Waals surface area contributed by atoms with Crippen molar-refractivity contribution in [2.75, 3.05) is 6.61 Å². The van der Waals surface area contributed by atoms with Crippen LogP contribution in [0.1, 0.15) is 25.7 Å². The molecule has 1 amide bonds. The Balaban J connectivity index is 1.55. The fourth-order valence-corrected chi connectivity index (χ4v) is 2.47. The number of hydrogen-bond donors (Lipinski definition) is 1. The molecule has 1 fully saturated rings. The second kappa shape index (κ2) is 6.39.